The van der Waals surface area contributed by atoms with Gasteiger partial charge in [-0.05, 0) is 47.9 Å². The molecule has 1 unspecified atom stereocenters. The van der Waals surface area contributed by atoms with Crippen molar-refractivity contribution in [1.29, 1.82) is 0 Å². The summed E-state index contributed by atoms with van der Waals surface area (Å²) in [5.74, 6) is 1.36. The number of methoxy groups -OCH3 is 1. The molecule has 2 heteroatoms. The SMILES string of the molecule is COc1ccc2c(c1)CC1(CC1(C)C)C(=O)CC2. The van der Waals surface area contributed by atoms with Crippen molar-refractivity contribution in [3.05, 3.63) is 29.3 Å². The predicted molar refractivity (Wildman–Crippen MR) is 70.9 cm³/mol. The zero-order valence-electron chi connectivity index (χ0n) is 11.4. The lowest BCUT2D eigenvalue weighted by molar-refractivity contribution is -0.125. The molecule has 1 aromatic rings. The first-order valence-electron chi connectivity index (χ1n) is 6.68. The minimum Gasteiger partial charge on any atom is -0.497 e. The van der Waals surface area contributed by atoms with E-state index in [4.69, 9.17) is 4.74 Å². The van der Waals surface area contributed by atoms with Crippen LogP contribution in [-0.4, -0.2) is 12.9 Å². The Kier molecular flexibility index (Phi) is 2.35. The number of rotatable bonds is 1. The summed E-state index contributed by atoms with van der Waals surface area (Å²) < 4.78 is 5.30. The highest BCUT2D eigenvalue weighted by molar-refractivity contribution is 5.90. The van der Waals surface area contributed by atoms with E-state index in [-0.39, 0.29) is 10.8 Å². The molecule has 1 atom stereocenters. The van der Waals surface area contributed by atoms with Crippen molar-refractivity contribution in [2.45, 2.75) is 39.5 Å². The molecule has 0 N–H and O–H groups in total. The summed E-state index contributed by atoms with van der Waals surface area (Å²) in [6.45, 7) is 4.44. The second kappa shape index (κ2) is 3.59. The van der Waals surface area contributed by atoms with Crippen molar-refractivity contribution in [3.63, 3.8) is 0 Å². The van der Waals surface area contributed by atoms with Crippen LogP contribution < -0.4 is 4.74 Å². The highest BCUT2D eigenvalue weighted by atomic mass is 16.5. The van der Waals surface area contributed by atoms with Gasteiger partial charge in [0, 0.05) is 11.8 Å². The van der Waals surface area contributed by atoms with E-state index in [1.807, 2.05) is 6.07 Å². The third-order valence-corrected chi connectivity index (χ3v) is 4.98. The second-order valence-corrected chi connectivity index (χ2v) is 6.38. The molecular formula is C16H20O2. The lowest BCUT2D eigenvalue weighted by Crippen LogP contribution is -2.22. The number of ketones is 1. The van der Waals surface area contributed by atoms with Gasteiger partial charge < -0.3 is 4.74 Å². The quantitative estimate of drug-likeness (QED) is 0.758. The zero-order valence-corrected chi connectivity index (χ0v) is 11.4. The fraction of sp³-hybridized carbons (Fsp3) is 0.562. The molecule has 2 aliphatic rings. The van der Waals surface area contributed by atoms with E-state index in [1.54, 1.807) is 7.11 Å². The highest BCUT2D eigenvalue weighted by Crippen LogP contribution is 2.66. The third-order valence-electron chi connectivity index (χ3n) is 4.98. The van der Waals surface area contributed by atoms with E-state index in [9.17, 15) is 4.79 Å². The molecule has 18 heavy (non-hydrogen) atoms. The Labute approximate surface area is 108 Å². The average molecular weight is 244 g/mol. The summed E-state index contributed by atoms with van der Waals surface area (Å²) in [6.07, 6.45) is 3.51. The number of Topliss-reactive ketones (excluding diaryl/α,β-unsaturated/α-hetero) is 1. The van der Waals surface area contributed by atoms with Crippen molar-refractivity contribution in [2.24, 2.45) is 10.8 Å². The van der Waals surface area contributed by atoms with Crippen molar-refractivity contribution in [2.75, 3.05) is 7.11 Å². The normalized spacial score (nSPS) is 28.7. The summed E-state index contributed by atoms with van der Waals surface area (Å²) in [7, 11) is 1.69. The highest BCUT2D eigenvalue weighted by Gasteiger charge is 2.65. The van der Waals surface area contributed by atoms with Gasteiger partial charge in [-0.1, -0.05) is 19.9 Å². The molecule has 1 aromatic carbocycles. The first-order valence-corrected chi connectivity index (χ1v) is 6.68. The molecule has 1 fully saturated rings. The van der Waals surface area contributed by atoms with Gasteiger partial charge in [0.05, 0.1) is 7.11 Å². The lowest BCUT2D eigenvalue weighted by atomic mass is 9.85. The number of hydrogen-bond acceptors (Lipinski definition) is 2. The maximum absolute atomic E-state index is 12.4. The molecule has 3 rings (SSSR count). The van der Waals surface area contributed by atoms with E-state index < -0.39 is 0 Å². The second-order valence-electron chi connectivity index (χ2n) is 6.38. The largest absolute Gasteiger partial charge is 0.497 e. The molecule has 96 valence electrons. The van der Waals surface area contributed by atoms with Crippen molar-refractivity contribution in [3.8, 4) is 5.75 Å². The Bertz CT molecular complexity index is 516. The molecule has 0 bridgehead atoms. The van der Waals surface area contributed by atoms with Crippen LogP contribution in [0.1, 0.15) is 37.8 Å². The van der Waals surface area contributed by atoms with Gasteiger partial charge in [0.15, 0.2) is 0 Å². The minimum absolute atomic E-state index is 0.0926. The Morgan fingerprint density at radius 3 is 2.50 bits per heavy atom. The van der Waals surface area contributed by atoms with Crippen molar-refractivity contribution < 1.29 is 9.53 Å². The molecule has 0 radical (unpaired) electrons. The number of carbonyl (C=O) groups excluding carboxylic acids is 1. The Morgan fingerprint density at radius 1 is 1.17 bits per heavy atom. The molecule has 0 aromatic heterocycles. The third kappa shape index (κ3) is 1.51. The molecule has 2 aliphatic carbocycles. The summed E-state index contributed by atoms with van der Waals surface area (Å²) in [6, 6.07) is 6.24. The topological polar surface area (TPSA) is 26.3 Å². The van der Waals surface area contributed by atoms with Crippen LogP contribution in [0.5, 0.6) is 5.75 Å². The van der Waals surface area contributed by atoms with Crippen LogP contribution >= 0.6 is 0 Å². The van der Waals surface area contributed by atoms with Gasteiger partial charge >= 0.3 is 0 Å². The van der Waals surface area contributed by atoms with Gasteiger partial charge in [-0.25, -0.2) is 0 Å². The first-order chi connectivity index (χ1) is 8.48. The summed E-state index contributed by atoms with van der Waals surface area (Å²) in [4.78, 5) is 12.4. The van der Waals surface area contributed by atoms with E-state index in [2.05, 4.69) is 26.0 Å². The molecule has 1 saturated carbocycles. The number of aryl methyl sites for hydroxylation is 1. The number of hydrogen-bond donors (Lipinski definition) is 0. The van der Waals surface area contributed by atoms with Crippen LogP contribution in [0.15, 0.2) is 18.2 Å². The van der Waals surface area contributed by atoms with Crippen LogP contribution in [0, 0.1) is 10.8 Å². The van der Waals surface area contributed by atoms with Crippen LogP contribution in [0.3, 0.4) is 0 Å². The monoisotopic (exact) mass is 244 g/mol. The van der Waals surface area contributed by atoms with Gasteiger partial charge in [-0.3, -0.25) is 4.79 Å². The Balaban J connectivity index is 2.02. The minimum atomic E-state index is -0.0926. The van der Waals surface area contributed by atoms with Gasteiger partial charge in [0.2, 0.25) is 0 Å². The molecule has 1 spiro atoms. The zero-order chi connectivity index (χ0) is 13.0. The summed E-state index contributed by atoms with van der Waals surface area (Å²) in [5, 5.41) is 0. The maximum atomic E-state index is 12.4. The smallest absolute Gasteiger partial charge is 0.140 e. The number of benzene rings is 1. The molecular weight excluding hydrogens is 224 g/mol. The van der Waals surface area contributed by atoms with Crippen molar-refractivity contribution in [1.82, 2.24) is 0 Å². The molecule has 0 aliphatic heterocycles. The van der Waals surface area contributed by atoms with E-state index in [0.29, 0.717) is 12.2 Å². The average Bonchev–Trinajstić information content (AvgIpc) is 2.93. The predicted octanol–water partition coefficient (Wildman–Crippen LogP) is 3.17. The molecule has 2 nitrogen and oxygen atoms in total. The molecule has 0 heterocycles. The van der Waals surface area contributed by atoms with Crippen molar-refractivity contribution >= 4 is 5.78 Å². The summed E-state index contributed by atoms with van der Waals surface area (Å²) >= 11 is 0. The Morgan fingerprint density at radius 2 is 1.89 bits per heavy atom. The van der Waals surface area contributed by atoms with Crippen LogP contribution in [0.4, 0.5) is 0 Å². The van der Waals surface area contributed by atoms with E-state index >= 15 is 0 Å². The first kappa shape index (κ1) is 11.8. The fourth-order valence-electron chi connectivity index (χ4n) is 3.54. The Hall–Kier alpha value is -1.31. The lowest BCUT2D eigenvalue weighted by Gasteiger charge is -2.17. The fourth-order valence-corrected chi connectivity index (χ4v) is 3.54. The van der Waals surface area contributed by atoms with E-state index in [1.165, 1.54) is 11.1 Å². The van der Waals surface area contributed by atoms with Crippen LogP contribution in [0.2, 0.25) is 0 Å². The number of fused-ring (bicyclic) bond motifs is 1. The summed E-state index contributed by atoms with van der Waals surface area (Å²) in [5.41, 5.74) is 2.72. The maximum Gasteiger partial charge on any atom is 0.140 e. The van der Waals surface area contributed by atoms with Crippen LogP contribution in [-0.2, 0) is 17.6 Å². The standard InChI is InChI=1S/C16H20O2/c1-15(2)10-16(15)9-12-8-13(18-3)6-4-11(12)5-7-14(16)17/h4,6,8H,5,7,9-10H2,1-3H3. The van der Waals surface area contributed by atoms with Gasteiger partial charge in [-0.15, -0.1) is 0 Å². The van der Waals surface area contributed by atoms with Gasteiger partial charge in [0.25, 0.3) is 0 Å². The van der Waals surface area contributed by atoms with E-state index in [0.717, 1.165) is 25.0 Å². The van der Waals surface area contributed by atoms with Crippen LogP contribution in [0.25, 0.3) is 0 Å². The number of carbonyl (C=O) groups is 1. The molecule has 0 saturated heterocycles. The van der Waals surface area contributed by atoms with Gasteiger partial charge in [0.1, 0.15) is 11.5 Å². The molecule has 0 amide bonds. The van der Waals surface area contributed by atoms with Gasteiger partial charge in [-0.2, -0.15) is 0 Å². The number of ether oxygens (including phenoxy) is 1.